The van der Waals surface area contributed by atoms with Crippen molar-refractivity contribution >= 4 is 43.1 Å². The van der Waals surface area contributed by atoms with Gasteiger partial charge in [0, 0.05) is 10.6 Å². The third kappa shape index (κ3) is 3.77. The number of rotatable bonds is 5. The molecule has 0 heterocycles. The van der Waals surface area contributed by atoms with Crippen LogP contribution in [0.4, 0.5) is 5.69 Å². The molecule has 0 aliphatic heterocycles. The first-order valence-electron chi connectivity index (χ1n) is 6.65. The van der Waals surface area contributed by atoms with Crippen molar-refractivity contribution in [2.24, 2.45) is 0 Å². The fourth-order valence-electron chi connectivity index (χ4n) is 2.03. The number of hydrogen-bond donors (Lipinski definition) is 0. The average Bonchev–Trinajstić information content (AvgIpc) is 2.46. The lowest BCUT2D eigenvalue weighted by Gasteiger charge is -2.22. The van der Waals surface area contributed by atoms with Crippen molar-refractivity contribution in [3.8, 4) is 0 Å². The van der Waals surface area contributed by atoms with Gasteiger partial charge >= 0.3 is 0 Å². The first-order valence-corrected chi connectivity index (χ1v) is 10.3. The summed E-state index contributed by atoms with van der Waals surface area (Å²) in [4.78, 5) is 11.1. The third-order valence-corrected chi connectivity index (χ3v) is 7.10. The number of anilines is 1. The Morgan fingerprint density at radius 1 is 0.917 bits per heavy atom. The van der Waals surface area contributed by atoms with E-state index in [4.69, 9.17) is 11.6 Å². The Labute approximate surface area is 145 Å². The molecule has 128 valence electrons. The van der Waals surface area contributed by atoms with Gasteiger partial charge < -0.3 is 0 Å². The quantitative estimate of drug-likeness (QED) is 0.736. The summed E-state index contributed by atoms with van der Waals surface area (Å²) in [5.41, 5.74) is 0.258. The summed E-state index contributed by atoms with van der Waals surface area (Å²) in [5.74, 6) is -0.215. The normalized spacial score (nSPS) is 12.0. The highest BCUT2D eigenvalue weighted by molar-refractivity contribution is 8.10. The van der Waals surface area contributed by atoms with Gasteiger partial charge in [-0.15, -0.1) is 0 Å². The Morgan fingerprint density at radius 3 is 1.83 bits per heavy atom. The molecule has 0 N–H and O–H groups in total. The molecule has 0 aliphatic rings. The minimum Gasteiger partial charge on any atom is -0.295 e. The van der Waals surface area contributed by atoms with Crippen molar-refractivity contribution in [2.45, 2.75) is 11.8 Å². The minimum atomic E-state index is -4.36. The van der Waals surface area contributed by atoms with Crippen molar-refractivity contribution in [2.75, 3.05) is 9.97 Å². The number of carbonyl (C=O) groups excluding carboxylic acids is 1. The number of sulfonamides is 2. The van der Waals surface area contributed by atoms with E-state index in [2.05, 4.69) is 0 Å². The van der Waals surface area contributed by atoms with Crippen LogP contribution in [0.5, 0.6) is 0 Å². The molecule has 0 fully saturated rings. The summed E-state index contributed by atoms with van der Waals surface area (Å²) in [6.45, 7) is 1.35. The maximum Gasteiger partial charge on any atom is 0.277 e. The Hall–Kier alpha value is -1.90. The molecule has 2 aromatic carbocycles. The maximum atomic E-state index is 12.7. The topological polar surface area (TPSA) is 88.6 Å². The highest BCUT2D eigenvalue weighted by Gasteiger charge is 2.32. The molecule has 0 aromatic heterocycles. The molecular formula is C15H14ClNO5S2. The van der Waals surface area contributed by atoms with Crippen LogP contribution in [-0.4, -0.2) is 28.9 Å². The molecule has 0 aliphatic carbocycles. The predicted octanol–water partition coefficient (Wildman–Crippen LogP) is 2.70. The van der Waals surface area contributed by atoms with E-state index in [1.807, 2.05) is 0 Å². The summed E-state index contributed by atoms with van der Waals surface area (Å²) in [7, 11) is -8.50. The lowest BCUT2D eigenvalue weighted by Crippen LogP contribution is -2.36. The maximum absolute atomic E-state index is 12.7. The van der Waals surface area contributed by atoms with E-state index in [0.717, 1.165) is 6.26 Å². The van der Waals surface area contributed by atoms with Gasteiger partial charge in [0.1, 0.15) is 0 Å². The molecule has 0 atom stereocenters. The first-order chi connectivity index (χ1) is 11.0. The van der Waals surface area contributed by atoms with E-state index in [1.165, 1.54) is 55.5 Å². The van der Waals surface area contributed by atoms with Crippen LogP contribution in [0.2, 0.25) is 5.02 Å². The van der Waals surface area contributed by atoms with Crippen LogP contribution < -0.4 is 3.71 Å². The van der Waals surface area contributed by atoms with Gasteiger partial charge in [-0.3, -0.25) is 4.79 Å². The lowest BCUT2D eigenvalue weighted by molar-refractivity contribution is 0.101. The molecule has 0 amide bonds. The number of ketones is 1. The number of Topliss-reactive ketones (excluding diaryl/α,β-unsaturated/α-hetero) is 1. The molecule has 2 aromatic rings. The zero-order valence-corrected chi connectivity index (χ0v) is 15.2. The predicted molar refractivity (Wildman–Crippen MR) is 92.4 cm³/mol. The number of hydrogen-bond acceptors (Lipinski definition) is 5. The Kier molecular flexibility index (Phi) is 5.03. The van der Waals surface area contributed by atoms with Crippen molar-refractivity contribution in [1.82, 2.24) is 0 Å². The molecular weight excluding hydrogens is 374 g/mol. The van der Waals surface area contributed by atoms with Gasteiger partial charge in [-0.05, 0) is 55.5 Å². The lowest BCUT2D eigenvalue weighted by atomic mass is 10.1. The molecule has 6 nitrogen and oxygen atoms in total. The summed E-state index contributed by atoms with van der Waals surface area (Å²) in [6.07, 6.45) is 0.791. The summed E-state index contributed by atoms with van der Waals surface area (Å²) in [5, 5.41) is 0.325. The van der Waals surface area contributed by atoms with Crippen LogP contribution in [-0.2, 0) is 20.0 Å². The van der Waals surface area contributed by atoms with Crippen molar-refractivity contribution in [3.05, 3.63) is 59.1 Å². The molecule has 0 radical (unpaired) electrons. The van der Waals surface area contributed by atoms with Gasteiger partial charge in [0.05, 0.1) is 16.8 Å². The number of halogens is 1. The van der Waals surface area contributed by atoms with E-state index in [-0.39, 0.29) is 16.4 Å². The molecule has 2 rings (SSSR count). The van der Waals surface area contributed by atoms with E-state index < -0.39 is 20.0 Å². The number of nitrogens with zero attached hydrogens (tertiary/aromatic N) is 1. The fraction of sp³-hybridized carbons (Fsp3) is 0.133. The smallest absolute Gasteiger partial charge is 0.277 e. The molecule has 9 heteroatoms. The second-order valence-electron chi connectivity index (χ2n) is 5.02. The van der Waals surface area contributed by atoms with Gasteiger partial charge in [-0.25, -0.2) is 16.8 Å². The molecule has 0 saturated carbocycles. The van der Waals surface area contributed by atoms with Crippen LogP contribution in [0.15, 0.2) is 53.4 Å². The average molecular weight is 388 g/mol. The van der Waals surface area contributed by atoms with Gasteiger partial charge in [-0.1, -0.05) is 11.6 Å². The van der Waals surface area contributed by atoms with Gasteiger partial charge in [0.25, 0.3) is 10.0 Å². The monoisotopic (exact) mass is 387 g/mol. The Bertz CT molecular complexity index is 966. The van der Waals surface area contributed by atoms with Crippen LogP contribution in [0, 0.1) is 0 Å². The van der Waals surface area contributed by atoms with Crippen LogP contribution in [0.25, 0.3) is 0 Å². The van der Waals surface area contributed by atoms with Crippen molar-refractivity contribution in [1.29, 1.82) is 0 Å². The van der Waals surface area contributed by atoms with Crippen molar-refractivity contribution < 1.29 is 21.6 Å². The van der Waals surface area contributed by atoms with E-state index >= 15 is 0 Å². The molecule has 0 spiro atoms. The van der Waals surface area contributed by atoms with Gasteiger partial charge in [0.2, 0.25) is 10.0 Å². The summed E-state index contributed by atoms with van der Waals surface area (Å²) < 4.78 is 50.0. The SMILES string of the molecule is CC(=O)c1ccc(N(S(C)(=O)=O)S(=O)(=O)c2ccc(Cl)cc2)cc1. The highest BCUT2D eigenvalue weighted by Crippen LogP contribution is 2.27. The third-order valence-electron chi connectivity index (χ3n) is 3.12. The highest BCUT2D eigenvalue weighted by atomic mass is 35.5. The minimum absolute atomic E-state index is 0.0857. The standard InChI is InChI=1S/C15H14ClNO5S2/c1-11(18)12-3-7-14(8-4-12)17(23(2,19)20)24(21,22)15-9-5-13(16)6-10-15/h3-10H,1-2H3. The summed E-state index contributed by atoms with van der Waals surface area (Å²) >= 11 is 5.74. The fourth-order valence-corrected chi connectivity index (χ4v) is 5.41. The second-order valence-corrected chi connectivity index (χ2v) is 9.31. The van der Waals surface area contributed by atoms with Crippen LogP contribution in [0.1, 0.15) is 17.3 Å². The summed E-state index contributed by atoms with van der Waals surface area (Å²) in [6, 6.07) is 10.4. The Balaban J connectivity index is 2.61. The number of carbonyl (C=O) groups is 1. The second kappa shape index (κ2) is 6.54. The van der Waals surface area contributed by atoms with E-state index in [1.54, 1.807) is 0 Å². The Morgan fingerprint density at radius 2 is 1.42 bits per heavy atom. The van der Waals surface area contributed by atoms with Crippen molar-refractivity contribution in [3.63, 3.8) is 0 Å². The molecule has 24 heavy (non-hydrogen) atoms. The molecule has 0 bridgehead atoms. The van der Waals surface area contributed by atoms with Gasteiger partial charge in [0.15, 0.2) is 5.78 Å². The van der Waals surface area contributed by atoms with Crippen LogP contribution in [0.3, 0.4) is 0 Å². The van der Waals surface area contributed by atoms with Crippen LogP contribution >= 0.6 is 11.6 Å². The van der Waals surface area contributed by atoms with Gasteiger partial charge in [-0.2, -0.15) is 3.71 Å². The largest absolute Gasteiger partial charge is 0.295 e. The zero-order chi connectivity index (χ0) is 18.1. The first kappa shape index (κ1) is 18.4. The number of benzene rings is 2. The van der Waals surface area contributed by atoms with E-state index in [0.29, 0.717) is 14.3 Å². The molecule has 0 saturated heterocycles. The van der Waals surface area contributed by atoms with E-state index in [9.17, 15) is 21.6 Å². The molecule has 0 unspecified atom stereocenters. The zero-order valence-electron chi connectivity index (χ0n) is 12.8.